The summed E-state index contributed by atoms with van der Waals surface area (Å²) in [5, 5.41) is 8.21. The second-order valence-corrected chi connectivity index (χ2v) is 8.99. The van der Waals surface area contributed by atoms with Gasteiger partial charge in [0, 0.05) is 24.5 Å². The van der Waals surface area contributed by atoms with Gasteiger partial charge in [-0.1, -0.05) is 28.1 Å². The van der Waals surface area contributed by atoms with Gasteiger partial charge in [0.1, 0.15) is 23.8 Å². The van der Waals surface area contributed by atoms with Crippen molar-refractivity contribution in [2.75, 3.05) is 41.6 Å². The number of amides is 2. The number of carbonyl (C=O) groups excluding carboxylic acids is 2. The fourth-order valence-electron chi connectivity index (χ4n) is 4.19. The molecule has 14 heteroatoms. The molecule has 1 aromatic heterocycles. The van der Waals surface area contributed by atoms with Gasteiger partial charge in [0.15, 0.2) is 0 Å². The van der Waals surface area contributed by atoms with Crippen molar-refractivity contribution in [1.29, 1.82) is 0 Å². The number of nitrogens with one attached hydrogen (secondary N) is 3. The molecule has 0 radical (unpaired) electrons. The lowest BCUT2D eigenvalue weighted by atomic mass is 10.0. The fourth-order valence-corrected chi connectivity index (χ4v) is 4.33. The molecular weight excluding hydrogens is 588 g/mol. The van der Waals surface area contributed by atoms with Crippen molar-refractivity contribution >= 4 is 56.6 Å². The number of methoxy groups -OCH3 is 1. The Morgan fingerprint density at radius 3 is 2.62 bits per heavy atom. The zero-order valence-corrected chi connectivity index (χ0v) is 22.3. The third-order valence-electron chi connectivity index (χ3n) is 6.01. The molecule has 9 nitrogen and oxygen atoms in total. The molecule has 3 aromatic rings. The van der Waals surface area contributed by atoms with Crippen molar-refractivity contribution in [2.45, 2.75) is 19.1 Å². The van der Waals surface area contributed by atoms with E-state index in [0.717, 1.165) is 0 Å². The Labute approximate surface area is 229 Å². The number of ether oxygens (including phenoxy) is 1. The van der Waals surface area contributed by atoms with Crippen LogP contribution >= 0.6 is 15.9 Å². The lowest BCUT2D eigenvalue weighted by Crippen LogP contribution is -2.28. The maximum Gasteiger partial charge on any atom is 0.421 e. The number of hydrogen-bond acceptors (Lipinski definition) is 7. The van der Waals surface area contributed by atoms with E-state index in [9.17, 15) is 27.2 Å². The highest BCUT2D eigenvalue weighted by Gasteiger charge is 2.38. The first-order valence-electron chi connectivity index (χ1n) is 11.6. The van der Waals surface area contributed by atoms with Crippen LogP contribution in [-0.2, 0) is 11.0 Å². The molecule has 1 atom stereocenters. The Hall–Kier alpha value is -3.94. The van der Waals surface area contributed by atoms with Crippen molar-refractivity contribution in [3.8, 4) is 5.75 Å². The summed E-state index contributed by atoms with van der Waals surface area (Å²) in [6, 6.07) is 8.92. The Bertz CT molecular complexity index is 1400. The lowest BCUT2D eigenvalue weighted by Gasteiger charge is -2.20. The average Bonchev–Trinajstić information content (AvgIpc) is 3.14. The smallest absolute Gasteiger partial charge is 0.421 e. The summed E-state index contributed by atoms with van der Waals surface area (Å²) >= 11 is 3.05. The average molecular weight is 611 g/mol. The SMILES string of the molecule is COc1cc(NC(=O)CBr)ccc1Nc1ncc(C(F)(F)F)c(Nc2cccc3c2C(=O)N(CCF)C3C)n1. The number of carbonyl (C=O) groups is 2. The van der Waals surface area contributed by atoms with Gasteiger partial charge in [0.2, 0.25) is 11.9 Å². The first kappa shape index (κ1) is 28.1. The standard InChI is InChI=1S/C25H23BrF4N6O3/c1-13-15-4-3-5-18(21(15)23(38)36(13)9-8-27)33-22-16(25(28,29)30)12-31-24(35-22)34-17-7-6-14(10-19(17)39-2)32-20(37)11-26/h3-7,10,12-13H,8-9,11H2,1-2H3,(H,32,37)(H2,31,33,34,35). The van der Waals surface area contributed by atoms with Gasteiger partial charge in [-0.05, 0) is 30.7 Å². The van der Waals surface area contributed by atoms with Crippen LogP contribution in [0.15, 0.2) is 42.6 Å². The van der Waals surface area contributed by atoms with Gasteiger partial charge in [-0.25, -0.2) is 9.37 Å². The Kier molecular flexibility index (Phi) is 8.23. The first-order valence-corrected chi connectivity index (χ1v) is 12.7. The molecule has 2 heterocycles. The minimum atomic E-state index is -4.80. The van der Waals surface area contributed by atoms with Gasteiger partial charge in [-0.3, -0.25) is 9.59 Å². The third-order valence-corrected chi connectivity index (χ3v) is 6.52. The van der Waals surface area contributed by atoms with E-state index in [1.54, 1.807) is 31.2 Å². The third kappa shape index (κ3) is 5.90. The summed E-state index contributed by atoms with van der Waals surface area (Å²) in [5.41, 5.74) is 0.441. The fraction of sp³-hybridized carbons (Fsp3) is 0.280. The van der Waals surface area contributed by atoms with Crippen molar-refractivity contribution in [2.24, 2.45) is 0 Å². The number of benzene rings is 2. The molecule has 3 N–H and O–H groups in total. The zero-order chi connectivity index (χ0) is 28.3. The van der Waals surface area contributed by atoms with E-state index < -0.39 is 36.2 Å². The van der Waals surface area contributed by atoms with Crippen LogP contribution in [0.3, 0.4) is 0 Å². The number of rotatable bonds is 9. The predicted molar refractivity (Wildman–Crippen MR) is 141 cm³/mol. The monoisotopic (exact) mass is 610 g/mol. The van der Waals surface area contributed by atoms with Crippen LogP contribution in [0.1, 0.15) is 34.5 Å². The highest BCUT2D eigenvalue weighted by Crippen LogP contribution is 2.40. The molecule has 0 saturated carbocycles. The van der Waals surface area contributed by atoms with Gasteiger partial charge in [-0.2, -0.15) is 18.2 Å². The number of halogens is 5. The van der Waals surface area contributed by atoms with Crippen LogP contribution in [0.25, 0.3) is 0 Å². The molecule has 1 aliphatic rings. The second kappa shape index (κ2) is 11.4. The molecule has 0 spiro atoms. The molecule has 0 bridgehead atoms. The van der Waals surface area contributed by atoms with Gasteiger partial charge in [-0.15, -0.1) is 0 Å². The molecule has 39 heavy (non-hydrogen) atoms. The van der Waals surface area contributed by atoms with Crippen LogP contribution in [0, 0.1) is 0 Å². The molecule has 0 saturated heterocycles. The quantitative estimate of drug-likeness (QED) is 0.207. The van der Waals surface area contributed by atoms with Gasteiger partial charge < -0.3 is 25.6 Å². The summed E-state index contributed by atoms with van der Waals surface area (Å²) in [7, 11) is 1.39. The number of nitrogens with zero attached hydrogens (tertiary/aromatic N) is 3. The largest absolute Gasteiger partial charge is 0.494 e. The normalized spacial score (nSPS) is 14.7. The number of aromatic nitrogens is 2. The number of fused-ring (bicyclic) bond motifs is 1. The highest BCUT2D eigenvalue weighted by atomic mass is 79.9. The number of anilines is 5. The molecule has 4 rings (SSSR count). The summed E-state index contributed by atoms with van der Waals surface area (Å²) in [4.78, 5) is 33.8. The van der Waals surface area contributed by atoms with Gasteiger partial charge >= 0.3 is 6.18 Å². The summed E-state index contributed by atoms with van der Waals surface area (Å²) in [5.74, 6) is -1.28. The molecule has 0 fully saturated rings. The van der Waals surface area contributed by atoms with E-state index in [0.29, 0.717) is 23.1 Å². The Morgan fingerprint density at radius 2 is 1.95 bits per heavy atom. The first-order chi connectivity index (χ1) is 18.6. The van der Waals surface area contributed by atoms with Crippen molar-refractivity contribution in [1.82, 2.24) is 14.9 Å². The van der Waals surface area contributed by atoms with Crippen molar-refractivity contribution in [3.05, 3.63) is 59.3 Å². The van der Waals surface area contributed by atoms with Gasteiger partial charge in [0.05, 0.1) is 35.4 Å². The topological polar surface area (TPSA) is 108 Å². The van der Waals surface area contributed by atoms with E-state index in [-0.39, 0.29) is 40.7 Å². The van der Waals surface area contributed by atoms with Crippen LogP contribution in [-0.4, -0.2) is 52.3 Å². The Balaban J connectivity index is 1.69. The van der Waals surface area contributed by atoms with Crippen molar-refractivity contribution < 1.29 is 31.9 Å². The van der Waals surface area contributed by atoms with Gasteiger partial charge in [0.25, 0.3) is 5.91 Å². The predicted octanol–water partition coefficient (Wildman–Crippen LogP) is 5.81. The minimum absolute atomic E-state index is 0.0908. The molecule has 1 unspecified atom stereocenters. The summed E-state index contributed by atoms with van der Waals surface area (Å²) < 4.78 is 60.0. The molecule has 2 amide bonds. The maximum atomic E-state index is 13.9. The molecular formula is C25H23BrF4N6O3. The van der Waals surface area contributed by atoms with E-state index in [1.807, 2.05) is 0 Å². The molecule has 0 aliphatic carbocycles. The van der Waals surface area contributed by atoms with Crippen LogP contribution in [0.5, 0.6) is 5.75 Å². The number of hydrogen-bond donors (Lipinski definition) is 3. The molecule has 206 valence electrons. The van der Waals surface area contributed by atoms with Crippen LogP contribution in [0.2, 0.25) is 0 Å². The summed E-state index contributed by atoms with van der Waals surface area (Å²) in [6.07, 6.45) is -4.18. The Morgan fingerprint density at radius 1 is 1.18 bits per heavy atom. The lowest BCUT2D eigenvalue weighted by molar-refractivity contribution is -0.137. The van der Waals surface area contributed by atoms with Crippen LogP contribution < -0.4 is 20.7 Å². The minimum Gasteiger partial charge on any atom is -0.494 e. The highest BCUT2D eigenvalue weighted by molar-refractivity contribution is 9.09. The molecule has 2 aromatic carbocycles. The second-order valence-electron chi connectivity index (χ2n) is 8.43. The number of alkyl halides is 5. The molecule has 1 aliphatic heterocycles. The maximum absolute atomic E-state index is 13.9. The van der Waals surface area contributed by atoms with E-state index >= 15 is 0 Å². The van der Waals surface area contributed by atoms with Crippen LogP contribution in [0.4, 0.5) is 46.4 Å². The summed E-state index contributed by atoms with van der Waals surface area (Å²) in [6.45, 7) is 0.838. The van der Waals surface area contributed by atoms with E-state index in [4.69, 9.17) is 4.74 Å². The van der Waals surface area contributed by atoms with E-state index in [1.165, 1.54) is 24.1 Å². The van der Waals surface area contributed by atoms with Crippen molar-refractivity contribution in [3.63, 3.8) is 0 Å². The zero-order valence-electron chi connectivity index (χ0n) is 20.7. The van der Waals surface area contributed by atoms with E-state index in [2.05, 4.69) is 41.8 Å².